The number of hydrogen-bond acceptors (Lipinski definition) is 4. The van der Waals surface area contributed by atoms with E-state index in [-0.39, 0.29) is 17.4 Å². The summed E-state index contributed by atoms with van der Waals surface area (Å²) in [5.41, 5.74) is 2.19. The van der Waals surface area contributed by atoms with Crippen molar-refractivity contribution in [1.29, 1.82) is 0 Å². The van der Waals surface area contributed by atoms with Crippen molar-refractivity contribution >= 4 is 29.6 Å². The topological polar surface area (TPSA) is 55.5 Å². The van der Waals surface area contributed by atoms with E-state index < -0.39 is 0 Å². The first kappa shape index (κ1) is 12.8. The molecule has 2 rings (SSSR count). The van der Waals surface area contributed by atoms with Gasteiger partial charge in [0.2, 0.25) is 5.91 Å². The Hall–Kier alpha value is -1.69. The molecule has 0 aliphatic heterocycles. The van der Waals surface area contributed by atoms with Crippen LogP contribution >= 0.6 is 12.6 Å². The SMILES string of the molecule is CN(Cc1ccc2c(c1)oc(=O)n2C)C(=O)CS. The van der Waals surface area contributed by atoms with Crippen molar-refractivity contribution in [3.05, 3.63) is 34.3 Å². The maximum atomic E-state index is 11.4. The fourth-order valence-electron chi connectivity index (χ4n) is 1.76. The molecule has 0 aliphatic carbocycles. The molecule has 0 radical (unpaired) electrons. The summed E-state index contributed by atoms with van der Waals surface area (Å²) in [6.45, 7) is 0.466. The Balaban J connectivity index is 2.31. The average molecular weight is 266 g/mol. The first-order valence-electron chi connectivity index (χ1n) is 5.46. The predicted octanol–water partition coefficient (Wildman–Crippen LogP) is 1.02. The molecule has 6 heteroatoms. The molecule has 1 aromatic carbocycles. The lowest BCUT2D eigenvalue weighted by molar-refractivity contribution is -0.127. The van der Waals surface area contributed by atoms with Gasteiger partial charge in [0.1, 0.15) is 0 Å². The first-order valence-corrected chi connectivity index (χ1v) is 6.09. The van der Waals surface area contributed by atoms with Crippen molar-refractivity contribution in [3.63, 3.8) is 0 Å². The van der Waals surface area contributed by atoms with E-state index in [4.69, 9.17) is 4.42 Å². The van der Waals surface area contributed by atoms with Gasteiger partial charge in [-0.25, -0.2) is 4.79 Å². The summed E-state index contributed by atoms with van der Waals surface area (Å²) in [5, 5.41) is 0. The molecule has 0 saturated heterocycles. The van der Waals surface area contributed by atoms with Crippen LogP contribution in [0.3, 0.4) is 0 Å². The molecule has 1 aromatic heterocycles. The van der Waals surface area contributed by atoms with Crippen LogP contribution in [0, 0.1) is 0 Å². The molecule has 0 N–H and O–H groups in total. The van der Waals surface area contributed by atoms with Crippen LogP contribution in [0.2, 0.25) is 0 Å². The minimum absolute atomic E-state index is 0.0482. The van der Waals surface area contributed by atoms with E-state index in [2.05, 4.69) is 12.6 Å². The summed E-state index contributed by atoms with van der Waals surface area (Å²) < 4.78 is 6.54. The minimum Gasteiger partial charge on any atom is -0.408 e. The van der Waals surface area contributed by atoms with Crippen molar-refractivity contribution in [2.24, 2.45) is 7.05 Å². The summed E-state index contributed by atoms with van der Waals surface area (Å²) in [4.78, 5) is 24.3. The van der Waals surface area contributed by atoms with Gasteiger partial charge >= 0.3 is 5.76 Å². The van der Waals surface area contributed by atoms with Crippen molar-refractivity contribution in [2.45, 2.75) is 6.54 Å². The number of rotatable bonds is 3. The molecular weight excluding hydrogens is 252 g/mol. The van der Waals surface area contributed by atoms with Crippen LogP contribution in [0.5, 0.6) is 0 Å². The molecular formula is C12H14N2O3S. The number of fused-ring (bicyclic) bond motifs is 1. The smallest absolute Gasteiger partial charge is 0.408 e. The van der Waals surface area contributed by atoms with Crippen molar-refractivity contribution < 1.29 is 9.21 Å². The lowest BCUT2D eigenvalue weighted by Gasteiger charge is -2.15. The molecule has 2 aromatic rings. The molecule has 96 valence electrons. The van der Waals surface area contributed by atoms with E-state index in [1.54, 1.807) is 25.1 Å². The Bertz CT molecular complexity index is 644. The van der Waals surface area contributed by atoms with Crippen molar-refractivity contribution in [1.82, 2.24) is 9.47 Å². The van der Waals surface area contributed by atoms with Gasteiger partial charge in [-0.05, 0) is 17.7 Å². The molecule has 0 aliphatic rings. The second-order valence-corrected chi connectivity index (χ2v) is 4.45. The Labute approximate surface area is 109 Å². The normalized spacial score (nSPS) is 10.8. The molecule has 0 unspecified atom stereocenters. The minimum atomic E-state index is -0.387. The Kier molecular flexibility index (Phi) is 3.47. The highest BCUT2D eigenvalue weighted by Gasteiger charge is 2.10. The Morgan fingerprint density at radius 1 is 1.50 bits per heavy atom. The van der Waals surface area contributed by atoms with Gasteiger partial charge in [-0.15, -0.1) is 0 Å². The van der Waals surface area contributed by atoms with Gasteiger partial charge in [0.15, 0.2) is 5.58 Å². The zero-order valence-corrected chi connectivity index (χ0v) is 11.1. The summed E-state index contributed by atoms with van der Waals surface area (Å²) >= 11 is 3.94. The maximum Gasteiger partial charge on any atom is 0.419 e. The molecule has 18 heavy (non-hydrogen) atoms. The highest BCUT2D eigenvalue weighted by molar-refractivity contribution is 7.81. The molecule has 0 atom stereocenters. The molecule has 0 bridgehead atoms. The van der Waals surface area contributed by atoms with E-state index in [1.165, 1.54) is 4.57 Å². The summed E-state index contributed by atoms with van der Waals surface area (Å²) in [6.07, 6.45) is 0. The quantitative estimate of drug-likeness (QED) is 0.844. The second kappa shape index (κ2) is 4.89. The third-order valence-corrected chi connectivity index (χ3v) is 3.11. The third kappa shape index (κ3) is 2.28. The number of hydrogen-bond donors (Lipinski definition) is 1. The maximum absolute atomic E-state index is 11.4. The number of oxazole rings is 1. The van der Waals surface area contributed by atoms with E-state index in [0.717, 1.165) is 11.1 Å². The van der Waals surface area contributed by atoms with Crippen LogP contribution in [0.4, 0.5) is 0 Å². The van der Waals surface area contributed by atoms with Gasteiger partial charge in [0.05, 0.1) is 11.3 Å². The Morgan fingerprint density at radius 3 is 2.89 bits per heavy atom. The molecule has 5 nitrogen and oxygen atoms in total. The number of thiol groups is 1. The fraction of sp³-hybridized carbons (Fsp3) is 0.333. The Morgan fingerprint density at radius 2 is 2.22 bits per heavy atom. The summed E-state index contributed by atoms with van der Waals surface area (Å²) in [6, 6.07) is 5.47. The number of aryl methyl sites for hydroxylation is 1. The zero-order valence-electron chi connectivity index (χ0n) is 10.2. The van der Waals surface area contributed by atoms with Gasteiger partial charge in [-0.1, -0.05) is 6.07 Å². The highest BCUT2D eigenvalue weighted by Crippen LogP contribution is 2.15. The fourth-order valence-corrected chi connectivity index (χ4v) is 2.00. The molecule has 0 fully saturated rings. The van der Waals surface area contributed by atoms with Crippen LogP contribution < -0.4 is 5.76 Å². The average Bonchev–Trinajstić information content (AvgIpc) is 2.63. The number of aromatic nitrogens is 1. The molecule has 0 spiro atoms. The first-order chi connectivity index (χ1) is 8.52. The largest absolute Gasteiger partial charge is 0.419 e. The van der Waals surface area contributed by atoms with E-state index in [0.29, 0.717) is 12.1 Å². The van der Waals surface area contributed by atoms with Crippen molar-refractivity contribution in [2.75, 3.05) is 12.8 Å². The highest BCUT2D eigenvalue weighted by atomic mass is 32.1. The lowest BCUT2D eigenvalue weighted by Crippen LogP contribution is -2.27. The number of benzene rings is 1. The van der Waals surface area contributed by atoms with Gasteiger partial charge < -0.3 is 9.32 Å². The van der Waals surface area contributed by atoms with Gasteiger partial charge in [0.25, 0.3) is 0 Å². The number of carbonyl (C=O) groups excluding carboxylic acids is 1. The van der Waals surface area contributed by atoms with Crippen molar-refractivity contribution in [3.8, 4) is 0 Å². The van der Waals surface area contributed by atoms with E-state index >= 15 is 0 Å². The zero-order chi connectivity index (χ0) is 13.3. The van der Waals surface area contributed by atoms with Gasteiger partial charge in [-0.3, -0.25) is 9.36 Å². The van der Waals surface area contributed by atoms with Crippen LogP contribution in [-0.4, -0.2) is 28.2 Å². The molecule has 1 heterocycles. The summed E-state index contributed by atoms with van der Waals surface area (Å²) in [7, 11) is 3.37. The standard InChI is InChI=1S/C12H14N2O3S/c1-13(11(15)7-18)6-8-3-4-9-10(5-8)17-12(16)14(9)2/h3-5,18H,6-7H2,1-2H3. The number of amides is 1. The van der Waals surface area contributed by atoms with E-state index in [9.17, 15) is 9.59 Å². The van der Waals surface area contributed by atoms with E-state index in [1.807, 2.05) is 12.1 Å². The van der Waals surface area contributed by atoms with Crippen LogP contribution in [0.25, 0.3) is 11.1 Å². The monoisotopic (exact) mass is 266 g/mol. The van der Waals surface area contributed by atoms with Crippen LogP contribution in [0.15, 0.2) is 27.4 Å². The van der Waals surface area contributed by atoms with Crippen LogP contribution in [0.1, 0.15) is 5.56 Å². The third-order valence-electron chi connectivity index (χ3n) is 2.84. The molecule has 1 amide bonds. The number of carbonyl (C=O) groups is 1. The summed E-state index contributed by atoms with van der Waals surface area (Å²) in [5.74, 6) is -0.256. The van der Waals surface area contributed by atoms with Crippen LogP contribution in [-0.2, 0) is 18.4 Å². The molecule has 0 saturated carbocycles. The van der Waals surface area contributed by atoms with Gasteiger partial charge in [-0.2, -0.15) is 12.6 Å². The second-order valence-electron chi connectivity index (χ2n) is 4.14. The predicted molar refractivity (Wildman–Crippen MR) is 71.8 cm³/mol. The van der Waals surface area contributed by atoms with Gasteiger partial charge in [0, 0.05) is 20.6 Å². The number of nitrogens with zero attached hydrogens (tertiary/aromatic N) is 2. The lowest BCUT2D eigenvalue weighted by atomic mass is 10.2.